The second kappa shape index (κ2) is 6.67. The van der Waals surface area contributed by atoms with E-state index in [1.54, 1.807) is 36.4 Å². The van der Waals surface area contributed by atoms with Crippen molar-refractivity contribution in [1.29, 1.82) is 0 Å². The molecule has 0 fully saturated rings. The largest absolute Gasteiger partial charge is 0.504 e. The van der Waals surface area contributed by atoms with Gasteiger partial charge < -0.3 is 19.7 Å². The van der Waals surface area contributed by atoms with Crippen LogP contribution in [0, 0.1) is 0 Å². The first kappa shape index (κ1) is 15.4. The fourth-order valence-electron chi connectivity index (χ4n) is 1.95. The molecule has 2 rings (SSSR count). The summed E-state index contributed by atoms with van der Waals surface area (Å²) >= 11 is 0. The summed E-state index contributed by atoms with van der Waals surface area (Å²) in [4.78, 5) is 12.4. The van der Waals surface area contributed by atoms with E-state index in [4.69, 9.17) is 9.47 Å². The van der Waals surface area contributed by atoms with Gasteiger partial charge in [0.05, 0.1) is 19.8 Å². The maximum absolute atomic E-state index is 12.4. The van der Waals surface area contributed by atoms with Crippen LogP contribution in [-0.4, -0.2) is 30.2 Å². The van der Waals surface area contributed by atoms with Gasteiger partial charge in [-0.25, -0.2) is 0 Å². The number of rotatable bonds is 5. The maximum atomic E-state index is 12.4. The first-order valence-electron chi connectivity index (χ1n) is 6.52. The van der Waals surface area contributed by atoms with E-state index in [0.29, 0.717) is 11.3 Å². The Bertz CT molecular complexity index is 704. The number of carbonyl (C=O) groups is 1. The number of hydrogen-bond acceptors (Lipinski definition) is 5. The predicted molar refractivity (Wildman–Crippen MR) is 82.5 cm³/mol. The van der Waals surface area contributed by atoms with Crippen molar-refractivity contribution >= 4 is 11.5 Å². The molecule has 2 aromatic carbocycles. The molecule has 0 radical (unpaired) electrons. The third-order valence-corrected chi connectivity index (χ3v) is 3.14. The average Bonchev–Trinajstić information content (AvgIpc) is 2.59. The Hall–Kier alpha value is -2.95. The van der Waals surface area contributed by atoms with Crippen LogP contribution in [0.25, 0.3) is 5.76 Å². The summed E-state index contributed by atoms with van der Waals surface area (Å²) in [7, 11) is 2.90. The second-order valence-electron chi connectivity index (χ2n) is 4.46. The fraction of sp³-hybridized carbons (Fsp3) is 0.118. The quantitative estimate of drug-likeness (QED) is 0.503. The van der Waals surface area contributed by atoms with Crippen LogP contribution in [0.3, 0.4) is 0 Å². The molecule has 5 nitrogen and oxygen atoms in total. The monoisotopic (exact) mass is 300 g/mol. The molecular weight excluding hydrogens is 284 g/mol. The van der Waals surface area contributed by atoms with Gasteiger partial charge in [0.15, 0.2) is 5.76 Å². The molecule has 22 heavy (non-hydrogen) atoms. The van der Waals surface area contributed by atoms with Crippen LogP contribution in [0.5, 0.6) is 11.5 Å². The Morgan fingerprint density at radius 1 is 0.955 bits per heavy atom. The molecule has 0 amide bonds. The number of allylic oxidation sites excluding steroid dienone is 1. The van der Waals surface area contributed by atoms with Crippen molar-refractivity contribution in [3.8, 4) is 11.5 Å². The number of aliphatic hydroxyl groups is 2. The standard InChI is InChI=1S/C17H16O5/c1-21-12-8-9-13(14(10-12)22-2)16(19)17(20)15(18)11-6-4-3-5-7-11/h3-10,18,20H,1-2H3. The highest BCUT2D eigenvalue weighted by Crippen LogP contribution is 2.27. The number of carbonyl (C=O) groups excluding carboxylic acids is 1. The minimum Gasteiger partial charge on any atom is -0.504 e. The molecule has 0 heterocycles. The average molecular weight is 300 g/mol. The van der Waals surface area contributed by atoms with Crippen LogP contribution >= 0.6 is 0 Å². The minimum absolute atomic E-state index is 0.128. The summed E-state index contributed by atoms with van der Waals surface area (Å²) < 4.78 is 10.2. The molecule has 0 spiro atoms. The maximum Gasteiger partial charge on any atom is 0.234 e. The highest BCUT2D eigenvalue weighted by Gasteiger charge is 2.21. The molecule has 0 unspecified atom stereocenters. The van der Waals surface area contributed by atoms with Crippen LogP contribution < -0.4 is 9.47 Å². The molecule has 0 aliphatic heterocycles. The van der Waals surface area contributed by atoms with Crippen molar-refractivity contribution in [1.82, 2.24) is 0 Å². The minimum atomic E-state index is -0.741. The number of ether oxygens (including phenoxy) is 2. The number of hydrogen-bond donors (Lipinski definition) is 2. The molecule has 0 aliphatic carbocycles. The Balaban J connectivity index is 2.43. The summed E-state index contributed by atoms with van der Waals surface area (Å²) in [6.45, 7) is 0. The first-order chi connectivity index (χ1) is 10.6. The summed E-state index contributed by atoms with van der Waals surface area (Å²) in [5.74, 6) is -1.19. The van der Waals surface area contributed by atoms with Gasteiger partial charge in [0.2, 0.25) is 11.5 Å². The molecular formula is C17H16O5. The summed E-state index contributed by atoms with van der Waals surface area (Å²) in [6.07, 6.45) is 0. The second-order valence-corrected chi connectivity index (χ2v) is 4.46. The van der Waals surface area contributed by atoms with Gasteiger partial charge in [-0.2, -0.15) is 0 Å². The van der Waals surface area contributed by atoms with Crippen molar-refractivity contribution in [2.75, 3.05) is 14.2 Å². The van der Waals surface area contributed by atoms with Crippen LogP contribution in [0.1, 0.15) is 15.9 Å². The fourth-order valence-corrected chi connectivity index (χ4v) is 1.95. The number of Topliss-reactive ketones (excluding diaryl/α,β-unsaturated/α-hetero) is 1. The van der Waals surface area contributed by atoms with Gasteiger partial charge in [-0.15, -0.1) is 0 Å². The van der Waals surface area contributed by atoms with Crippen LogP contribution in [0.4, 0.5) is 0 Å². The number of ketones is 1. The molecule has 114 valence electrons. The smallest absolute Gasteiger partial charge is 0.234 e. The highest BCUT2D eigenvalue weighted by atomic mass is 16.5. The molecule has 0 bridgehead atoms. The van der Waals surface area contributed by atoms with E-state index in [9.17, 15) is 15.0 Å². The normalized spacial score (nSPS) is 11.5. The lowest BCUT2D eigenvalue weighted by atomic mass is 10.0. The van der Waals surface area contributed by atoms with Crippen molar-refractivity contribution in [3.63, 3.8) is 0 Å². The van der Waals surface area contributed by atoms with Crippen molar-refractivity contribution in [2.24, 2.45) is 0 Å². The topological polar surface area (TPSA) is 76.0 Å². The van der Waals surface area contributed by atoms with E-state index in [0.717, 1.165) is 0 Å². The van der Waals surface area contributed by atoms with Gasteiger partial charge in [-0.05, 0) is 12.1 Å². The van der Waals surface area contributed by atoms with E-state index in [1.165, 1.54) is 26.4 Å². The lowest BCUT2D eigenvalue weighted by Crippen LogP contribution is -2.08. The number of methoxy groups -OCH3 is 2. The Kier molecular flexibility index (Phi) is 4.68. The van der Waals surface area contributed by atoms with E-state index in [-0.39, 0.29) is 11.3 Å². The zero-order valence-electron chi connectivity index (χ0n) is 12.2. The van der Waals surface area contributed by atoms with E-state index < -0.39 is 17.3 Å². The predicted octanol–water partition coefficient (Wildman–Crippen LogP) is 3.37. The lowest BCUT2D eigenvalue weighted by molar-refractivity contribution is 0.0972. The molecule has 5 heteroatoms. The highest BCUT2D eigenvalue weighted by molar-refractivity contribution is 6.12. The summed E-state index contributed by atoms with van der Waals surface area (Å²) in [6, 6.07) is 12.9. The van der Waals surface area contributed by atoms with Crippen molar-refractivity contribution < 1.29 is 24.5 Å². The van der Waals surface area contributed by atoms with E-state index >= 15 is 0 Å². The first-order valence-corrected chi connectivity index (χ1v) is 6.52. The lowest BCUT2D eigenvalue weighted by Gasteiger charge is -2.10. The zero-order chi connectivity index (χ0) is 16.1. The Labute approximate surface area is 128 Å². The van der Waals surface area contributed by atoms with Crippen molar-refractivity contribution in [3.05, 3.63) is 65.4 Å². The molecule has 0 aliphatic rings. The van der Waals surface area contributed by atoms with E-state index in [1.807, 2.05) is 0 Å². The van der Waals surface area contributed by atoms with Crippen LogP contribution in [0.15, 0.2) is 54.3 Å². The Morgan fingerprint density at radius 2 is 1.64 bits per heavy atom. The van der Waals surface area contributed by atoms with Gasteiger partial charge in [0.1, 0.15) is 11.5 Å². The molecule has 2 N–H and O–H groups in total. The number of aliphatic hydroxyl groups excluding tert-OH is 2. The van der Waals surface area contributed by atoms with Gasteiger partial charge in [-0.3, -0.25) is 4.79 Å². The summed E-state index contributed by atoms with van der Waals surface area (Å²) in [5, 5.41) is 20.1. The molecule has 0 aromatic heterocycles. The van der Waals surface area contributed by atoms with Gasteiger partial charge in [-0.1, -0.05) is 30.3 Å². The molecule has 0 saturated carbocycles. The van der Waals surface area contributed by atoms with Crippen molar-refractivity contribution in [2.45, 2.75) is 0 Å². The SMILES string of the molecule is COc1ccc(C(=O)C(O)=C(O)c2ccccc2)c(OC)c1. The Morgan fingerprint density at radius 3 is 2.23 bits per heavy atom. The van der Waals surface area contributed by atoms with Gasteiger partial charge >= 0.3 is 0 Å². The molecule has 2 aromatic rings. The third kappa shape index (κ3) is 3.03. The van der Waals surface area contributed by atoms with Gasteiger partial charge in [0, 0.05) is 11.6 Å². The summed E-state index contributed by atoms with van der Waals surface area (Å²) in [5.41, 5.74) is 0.476. The molecule has 0 atom stereocenters. The third-order valence-electron chi connectivity index (χ3n) is 3.14. The van der Waals surface area contributed by atoms with Crippen LogP contribution in [-0.2, 0) is 0 Å². The van der Waals surface area contributed by atoms with Crippen LogP contribution in [0.2, 0.25) is 0 Å². The number of benzene rings is 2. The van der Waals surface area contributed by atoms with Gasteiger partial charge in [0.25, 0.3) is 0 Å². The zero-order valence-corrected chi connectivity index (χ0v) is 12.2. The molecule has 0 saturated heterocycles. The van der Waals surface area contributed by atoms with E-state index in [2.05, 4.69) is 0 Å².